The quantitative estimate of drug-likeness (QED) is 0.409. The lowest BCUT2D eigenvalue weighted by atomic mass is 10.3. The number of hydrogen-bond donors (Lipinski definition) is 4. The number of ether oxygens (including phenoxy) is 1. The molecule has 0 saturated carbocycles. The number of aromatic amines is 1. The molecule has 0 fully saturated rings. The number of aryl methyl sites for hydroxylation is 1. The van der Waals surface area contributed by atoms with E-state index in [1.54, 1.807) is 31.2 Å². The average Bonchev–Trinajstić information content (AvgIpc) is 3.03. The van der Waals surface area contributed by atoms with Crippen LogP contribution in [0.1, 0.15) is 6.92 Å². The average molecular weight is 424 g/mol. The van der Waals surface area contributed by atoms with Crippen molar-refractivity contribution in [3.63, 3.8) is 0 Å². The molecule has 0 unspecified atom stereocenters. The van der Waals surface area contributed by atoms with Gasteiger partial charge in [0.2, 0.25) is 5.95 Å². The van der Waals surface area contributed by atoms with Crippen molar-refractivity contribution in [2.45, 2.75) is 25.7 Å². The third-order valence-corrected chi connectivity index (χ3v) is 4.54. The highest BCUT2D eigenvalue weighted by Crippen LogP contribution is 2.23. The molecule has 0 aliphatic carbocycles. The van der Waals surface area contributed by atoms with Crippen molar-refractivity contribution in [2.75, 3.05) is 18.5 Å². The molecular formula is C18H22ClN5O5. The summed E-state index contributed by atoms with van der Waals surface area (Å²) in [4.78, 5) is 30.8. The third-order valence-electron chi connectivity index (χ3n) is 4.22. The van der Waals surface area contributed by atoms with Gasteiger partial charge in [0.25, 0.3) is 5.56 Å². The summed E-state index contributed by atoms with van der Waals surface area (Å²) >= 11 is 6.04. The molecule has 2 atom stereocenters. The van der Waals surface area contributed by atoms with Crippen LogP contribution in [0.3, 0.4) is 0 Å². The topological polar surface area (TPSA) is 134 Å². The van der Waals surface area contributed by atoms with Crippen molar-refractivity contribution >= 4 is 28.7 Å². The van der Waals surface area contributed by atoms with E-state index < -0.39 is 23.5 Å². The molecule has 0 aliphatic heterocycles. The van der Waals surface area contributed by atoms with E-state index in [-0.39, 0.29) is 36.8 Å². The van der Waals surface area contributed by atoms with Crippen molar-refractivity contribution < 1.29 is 14.9 Å². The zero-order valence-electron chi connectivity index (χ0n) is 15.9. The van der Waals surface area contributed by atoms with Crippen molar-refractivity contribution in [3.05, 3.63) is 50.1 Å². The highest BCUT2D eigenvalue weighted by molar-refractivity contribution is 6.32. The summed E-state index contributed by atoms with van der Waals surface area (Å²) < 4.78 is 8.21. The van der Waals surface area contributed by atoms with Gasteiger partial charge in [-0.25, -0.2) is 4.79 Å². The Labute approximate surface area is 170 Å². The lowest BCUT2D eigenvalue weighted by molar-refractivity contribution is 0.0938. The maximum Gasteiger partial charge on any atom is 0.329 e. The predicted molar refractivity (Wildman–Crippen MR) is 109 cm³/mol. The second-order valence-electron chi connectivity index (χ2n) is 6.66. The standard InChI is InChI=1S/C18H22ClN5O5/c1-10(25)7-20-17-21-15-14(16(27)22-18(28)23(15)2)24(17)8-11(26)9-29-13-6-4-3-5-12(13)19/h3-6,10-11,25-26H,7-9H2,1-2H3,(H,20,21)(H,22,27,28)/t10-,11+/m0/s1. The van der Waals surface area contributed by atoms with E-state index in [2.05, 4.69) is 15.3 Å². The highest BCUT2D eigenvalue weighted by atomic mass is 35.5. The smallest absolute Gasteiger partial charge is 0.329 e. The summed E-state index contributed by atoms with van der Waals surface area (Å²) in [6.07, 6.45) is -1.67. The minimum Gasteiger partial charge on any atom is -0.489 e. The number of benzene rings is 1. The van der Waals surface area contributed by atoms with Gasteiger partial charge in [-0.3, -0.25) is 14.3 Å². The van der Waals surface area contributed by atoms with Crippen LogP contribution in [0.5, 0.6) is 5.75 Å². The van der Waals surface area contributed by atoms with Crippen molar-refractivity contribution in [2.24, 2.45) is 7.05 Å². The fourth-order valence-corrected chi connectivity index (χ4v) is 2.99. The fourth-order valence-electron chi connectivity index (χ4n) is 2.80. The number of aliphatic hydroxyl groups excluding tert-OH is 2. The van der Waals surface area contributed by atoms with E-state index in [9.17, 15) is 19.8 Å². The van der Waals surface area contributed by atoms with Gasteiger partial charge in [0, 0.05) is 13.6 Å². The van der Waals surface area contributed by atoms with Crippen molar-refractivity contribution in [1.29, 1.82) is 0 Å². The number of rotatable bonds is 8. The Morgan fingerprint density at radius 2 is 2.03 bits per heavy atom. The summed E-state index contributed by atoms with van der Waals surface area (Å²) in [7, 11) is 1.48. The number of imidazole rings is 1. The maximum atomic E-state index is 12.4. The summed E-state index contributed by atoms with van der Waals surface area (Å²) in [6.45, 7) is 1.64. The van der Waals surface area contributed by atoms with Gasteiger partial charge < -0.3 is 24.8 Å². The minimum absolute atomic E-state index is 0.0373. The zero-order chi connectivity index (χ0) is 21.1. The second kappa shape index (κ2) is 8.68. The van der Waals surface area contributed by atoms with Crippen molar-refractivity contribution in [3.8, 4) is 5.75 Å². The molecule has 11 heteroatoms. The van der Waals surface area contributed by atoms with Crippen LogP contribution in [0.25, 0.3) is 11.2 Å². The Morgan fingerprint density at radius 1 is 1.31 bits per heavy atom. The molecule has 10 nitrogen and oxygen atoms in total. The van der Waals surface area contributed by atoms with E-state index >= 15 is 0 Å². The number of para-hydroxylation sites is 1. The number of nitrogens with zero attached hydrogens (tertiary/aromatic N) is 3. The molecule has 0 bridgehead atoms. The normalized spacial score (nSPS) is 13.4. The number of anilines is 1. The van der Waals surface area contributed by atoms with E-state index in [1.807, 2.05) is 0 Å². The van der Waals surface area contributed by atoms with Crippen LogP contribution < -0.4 is 21.3 Å². The van der Waals surface area contributed by atoms with Crippen molar-refractivity contribution in [1.82, 2.24) is 19.1 Å². The SMILES string of the molecule is C[C@H](O)CNc1nc2c(c(=O)[nH]c(=O)n2C)n1C[C@@H](O)COc1ccccc1Cl. The van der Waals surface area contributed by atoms with Gasteiger partial charge >= 0.3 is 5.69 Å². The van der Waals surface area contributed by atoms with E-state index in [0.29, 0.717) is 10.8 Å². The Kier molecular flexibility index (Phi) is 6.26. The van der Waals surface area contributed by atoms with E-state index in [4.69, 9.17) is 16.3 Å². The summed E-state index contributed by atoms with van der Waals surface area (Å²) in [5.41, 5.74) is -0.945. The van der Waals surface area contributed by atoms with Crippen LogP contribution in [0.2, 0.25) is 5.02 Å². The Balaban J connectivity index is 1.90. The van der Waals surface area contributed by atoms with Gasteiger partial charge in [-0.2, -0.15) is 4.98 Å². The number of H-pyrrole nitrogens is 1. The van der Waals surface area contributed by atoms with Gasteiger partial charge in [-0.05, 0) is 19.1 Å². The monoisotopic (exact) mass is 423 g/mol. The maximum absolute atomic E-state index is 12.4. The highest BCUT2D eigenvalue weighted by Gasteiger charge is 2.20. The van der Waals surface area contributed by atoms with Gasteiger partial charge in [0.1, 0.15) is 18.5 Å². The van der Waals surface area contributed by atoms with Crippen LogP contribution in [0.15, 0.2) is 33.9 Å². The van der Waals surface area contributed by atoms with E-state index in [1.165, 1.54) is 16.2 Å². The molecule has 4 N–H and O–H groups in total. The molecule has 2 aromatic heterocycles. The lowest BCUT2D eigenvalue weighted by Gasteiger charge is -2.16. The van der Waals surface area contributed by atoms with Crippen LogP contribution in [0, 0.1) is 0 Å². The number of aromatic nitrogens is 4. The van der Waals surface area contributed by atoms with Crippen LogP contribution in [-0.4, -0.2) is 54.7 Å². The van der Waals surface area contributed by atoms with Gasteiger partial charge in [0.15, 0.2) is 11.2 Å². The minimum atomic E-state index is -1.01. The van der Waals surface area contributed by atoms with Gasteiger partial charge in [0.05, 0.1) is 17.7 Å². The van der Waals surface area contributed by atoms with Crippen LogP contribution >= 0.6 is 11.6 Å². The largest absolute Gasteiger partial charge is 0.489 e. The van der Waals surface area contributed by atoms with Crippen LogP contribution in [-0.2, 0) is 13.6 Å². The molecule has 3 rings (SSSR count). The van der Waals surface area contributed by atoms with Crippen LogP contribution in [0.4, 0.5) is 5.95 Å². The first-order valence-corrected chi connectivity index (χ1v) is 9.32. The first-order valence-electron chi connectivity index (χ1n) is 8.94. The Hall–Kier alpha value is -2.82. The number of aliphatic hydroxyl groups is 2. The molecule has 1 aromatic carbocycles. The molecule has 0 amide bonds. The number of nitrogens with one attached hydrogen (secondary N) is 2. The van der Waals surface area contributed by atoms with E-state index in [0.717, 1.165) is 0 Å². The molecular weight excluding hydrogens is 402 g/mol. The molecule has 0 radical (unpaired) electrons. The first-order chi connectivity index (χ1) is 13.8. The predicted octanol–water partition coefficient (Wildman–Crippen LogP) is 0.309. The van der Waals surface area contributed by atoms with Gasteiger partial charge in [-0.1, -0.05) is 23.7 Å². The summed E-state index contributed by atoms with van der Waals surface area (Å²) in [5.74, 6) is 0.667. The molecule has 3 aromatic rings. The molecule has 0 spiro atoms. The third kappa shape index (κ3) is 4.61. The fraction of sp³-hybridized carbons (Fsp3) is 0.389. The second-order valence-corrected chi connectivity index (χ2v) is 7.07. The molecule has 0 aliphatic rings. The Morgan fingerprint density at radius 3 is 2.72 bits per heavy atom. The molecule has 29 heavy (non-hydrogen) atoms. The summed E-state index contributed by atoms with van der Waals surface area (Å²) in [5, 5.41) is 23.4. The number of halogens is 1. The lowest BCUT2D eigenvalue weighted by Crippen LogP contribution is -2.31. The molecule has 156 valence electrons. The number of hydrogen-bond acceptors (Lipinski definition) is 7. The number of fused-ring (bicyclic) bond motifs is 1. The molecule has 0 saturated heterocycles. The Bertz CT molecular complexity index is 1120. The summed E-state index contributed by atoms with van der Waals surface area (Å²) in [6, 6.07) is 6.87. The first kappa shape index (κ1) is 20.9. The zero-order valence-corrected chi connectivity index (χ0v) is 16.7. The van der Waals surface area contributed by atoms with Gasteiger partial charge in [-0.15, -0.1) is 0 Å². The molecule has 2 heterocycles.